The largest absolute Gasteiger partial charge is 0.506 e. The minimum absolute atomic E-state index is 0.226. The van der Waals surface area contributed by atoms with Crippen LogP contribution in [0.3, 0.4) is 0 Å². The first-order chi connectivity index (χ1) is 8.56. The van der Waals surface area contributed by atoms with Crippen LogP contribution in [0, 0.1) is 0 Å². The normalized spacial score (nSPS) is 10.8. The quantitative estimate of drug-likeness (QED) is 0.748. The van der Waals surface area contributed by atoms with E-state index in [4.69, 9.17) is 11.6 Å². The lowest BCUT2D eigenvalue weighted by molar-refractivity contribution is 0.468. The molecule has 0 aliphatic heterocycles. The molecule has 0 unspecified atom stereocenters. The van der Waals surface area contributed by atoms with Gasteiger partial charge in [0.15, 0.2) is 0 Å². The summed E-state index contributed by atoms with van der Waals surface area (Å²) in [6, 6.07) is 7.71. The second-order valence-electron chi connectivity index (χ2n) is 3.72. The van der Waals surface area contributed by atoms with Crippen LogP contribution in [0.15, 0.2) is 33.2 Å². The molecule has 1 aromatic carbocycles. The van der Waals surface area contributed by atoms with Crippen molar-refractivity contribution in [1.29, 1.82) is 0 Å². The van der Waals surface area contributed by atoms with Gasteiger partial charge >= 0.3 is 0 Å². The zero-order chi connectivity index (χ0) is 13.1. The highest BCUT2D eigenvalue weighted by Crippen LogP contribution is 2.33. The van der Waals surface area contributed by atoms with E-state index < -0.39 is 0 Å². The van der Waals surface area contributed by atoms with Crippen LogP contribution in [-0.2, 0) is 13.1 Å². The highest BCUT2D eigenvalue weighted by atomic mass is 79.9. The molecule has 2 rings (SSSR count). The van der Waals surface area contributed by atoms with Crippen molar-refractivity contribution < 1.29 is 5.11 Å². The maximum absolute atomic E-state index is 9.61. The monoisotopic (exact) mass is 409 g/mol. The third kappa shape index (κ3) is 3.71. The number of halogens is 3. The maximum atomic E-state index is 9.61. The molecule has 18 heavy (non-hydrogen) atoms. The van der Waals surface area contributed by atoms with Crippen molar-refractivity contribution in [2.75, 3.05) is 0 Å². The summed E-state index contributed by atoms with van der Waals surface area (Å²) in [6.45, 7) is 1.51. The van der Waals surface area contributed by atoms with Crippen molar-refractivity contribution in [2.45, 2.75) is 13.1 Å². The molecule has 6 heteroatoms. The summed E-state index contributed by atoms with van der Waals surface area (Å²) >= 11 is 14.1. The molecule has 0 spiro atoms. The van der Waals surface area contributed by atoms with E-state index in [-0.39, 0.29) is 5.75 Å². The average molecular weight is 412 g/mol. The van der Waals surface area contributed by atoms with Crippen LogP contribution in [-0.4, -0.2) is 5.11 Å². The first-order valence-electron chi connectivity index (χ1n) is 5.18. The van der Waals surface area contributed by atoms with Gasteiger partial charge in [-0.3, -0.25) is 0 Å². The van der Waals surface area contributed by atoms with E-state index in [9.17, 15) is 5.11 Å². The van der Waals surface area contributed by atoms with Gasteiger partial charge in [-0.05, 0) is 61.7 Å². The molecule has 0 radical (unpaired) electrons. The summed E-state index contributed by atoms with van der Waals surface area (Å²) in [6.07, 6.45) is 0. The van der Waals surface area contributed by atoms with E-state index in [2.05, 4.69) is 37.2 Å². The number of phenols is 1. The molecule has 2 nitrogen and oxygen atoms in total. The predicted molar refractivity (Wildman–Crippen MR) is 83.4 cm³/mol. The van der Waals surface area contributed by atoms with Crippen molar-refractivity contribution in [3.05, 3.63) is 48.0 Å². The van der Waals surface area contributed by atoms with Crippen LogP contribution in [0.5, 0.6) is 5.75 Å². The summed E-state index contributed by atoms with van der Waals surface area (Å²) < 4.78 is 2.18. The Morgan fingerprint density at radius 2 is 1.83 bits per heavy atom. The molecule has 1 aromatic heterocycles. The standard InChI is InChI=1S/C12H10Br2ClNOS/c13-9-3-7(4-10(14)12(9)17)5-16-6-8-1-2-11(15)18-8/h1-4,16-17H,5-6H2. The van der Waals surface area contributed by atoms with E-state index in [1.54, 1.807) is 11.3 Å². The van der Waals surface area contributed by atoms with E-state index in [1.165, 1.54) is 4.88 Å². The van der Waals surface area contributed by atoms with Gasteiger partial charge in [0.05, 0.1) is 13.3 Å². The molecule has 0 saturated heterocycles. The molecular weight excluding hydrogens is 401 g/mol. The molecule has 0 bridgehead atoms. The first-order valence-corrected chi connectivity index (χ1v) is 7.96. The maximum Gasteiger partial charge on any atom is 0.143 e. The third-order valence-corrected chi connectivity index (χ3v) is 4.77. The van der Waals surface area contributed by atoms with Crippen molar-refractivity contribution in [3.8, 4) is 5.75 Å². The molecule has 1 heterocycles. The van der Waals surface area contributed by atoms with E-state index >= 15 is 0 Å². The zero-order valence-corrected chi connectivity index (χ0v) is 14.0. The molecule has 96 valence electrons. The predicted octanol–water partition coefficient (Wildman–Crippen LogP) is 4.92. The van der Waals surface area contributed by atoms with Gasteiger partial charge in [0, 0.05) is 18.0 Å². The van der Waals surface area contributed by atoms with Gasteiger partial charge in [0.2, 0.25) is 0 Å². The number of nitrogens with one attached hydrogen (secondary N) is 1. The summed E-state index contributed by atoms with van der Waals surface area (Å²) in [7, 11) is 0. The van der Waals surface area contributed by atoms with E-state index in [0.717, 1.165) is 23.0 Å². The third-order valence-electron chi connectivity index (χ3n) is 2.33. The SMILES string of the molecule is Oc1c(Br)cc(CNCc2ccc(Cl)s2)cc1Br. The Morgan fingerprint density at radius 1 is 1.17 bits per heavy atom. The number of aromatic hydroxyl groups is 1. The summed E-state index contributed by atoms with van der Waals surface area (Å²) in [5.41, 5.74) is 1.09. The lowest BCUT2D eigenvalue weighted by Gasteiger charge is -2.07. The summed E-state index contributed by atoms with van der Waals surface area (Å²) in [5.74, 6) is 0.226. The number of benzene rings is 1. The lowest BCUT2D eigenvalue weighted by atomic mass is 10.2. The van der Waals surface area contributed by atoms with Gasteiger partial charge in [-0.25, -0.2) is 0 Å². The molecule has 0 atom stereocenters. The zero-order valence-electron chi connectivity index (χ0n) is 9.21. The second-order valence-corrected chi connectivity index (χ2v) is 7.23. The molecular formula is C12H10Br2ClNOS. The van der Waals surface area contributed by atoms with Crippen molar-refractivity contribution in [2.24, 2.45) is 0 Å². The summed E-state index contributed by atoms with van der Waals surface area (Å²) in [4.78, 5) is 1.21. The van der Waals surface area contributed by atoms with Gasteiger partial charge in [-0.2, -0.15) is 0 Å². The fourth-order valence-corrected chi connectivity index (χ4v) is 3.84. The topological polar surface area (TPSA) is 32.3 Å². The fraction of sp³-hybridized carbons (Fsp3) is 0.167. The lowest BCUT2D eigenvalue weighted by Crippen LogP contribution is -2.11. The molecule has 2 aromatic rings. The van der Waals surface area contributed by atoms with Gasteiger partial charge in [-0.15, -0.1) is 11.3 Å². The Labute approximate surface area is 131 Å². The van der Waals surface area contributed by atoms with E-state index in [0.29, 0.717) is 8.95 Å². The molecule has 2 N–H and O–H groups in total. The Bertz CT molecular complexity index is 536. The van der Waals surface area contributed by atoms with Crippen LogP contribution < -0.4 is 5.32 Å². The minimum atomic E-state index is 0.226. The second kappa shape index (κ2) is 6.39. The van der Waals surface area contributed by atoms with Gasteiger partial charge < -0.3 is 10.4 Å². The van der Waals surface area contributed by atoms with Crippen molar-refractivity contribution in [3.63, 3.8) is 0 Å². The van der Waals surface area contributed by atoms with Crippen LogP contribution in [0.2, 0.25) is 4.34 Å². The minimum Gasteiger partial charge on any atom is -0.506 e. The number of phenolic OH excluding ortho intramolecular Hbond substituents is 1. The molecule has 0 aliphatic rings. The smallest absolute Gasteiger partial charge is 0.143 e. The Morgan fingerprint density at radius 3 is 2.39 bits per heavy atom. The fourth-order valence-electron chi connectivity index (χ4n) is 1.50. The van der Waals surface area contributed by atoms with Crippen molar-refractivity contribution in [1.82, 2.24) is 5.32 Å². The Kier molecular flexibility index (Phi) is 5.09. The molecule has 0 saturated carbocycles. The number of hydrogen-bond acceptors (Lipinski definition) is 3. The van der Waals surface area contributed by atoms with Crippen LogP contribution in [0.25, 0.3) is 0 Å². The Balaban J connectivity index is 1.94. The molecule has 0 fully saturated rings. The van der Waals surface area contributed by atoms with Gasteiger partial charge in [0.1, 0.15) is 5.75 Å². The number of thiophene rings is 1. The van der Waals surface area contributed by atoms with Crippen LogP contribution in [0.4, 0.5) is 0 Å². The number of hydrogen-bond donors (Lipinski definition) is 2. The first kappa shape index (κ1) is 14.3. The van der Waals surface area contributed by atoms with Gasteiger partial charge in [-0.1, -0.05) is 11.6 Å². The molecule has 0 amide bonds. The average Bonchev–Trinajstić information content (AvgIpc) is 2.72. The van der Waals surface area contributed by atoms with Gasteiger partial charge in [0.25, 0.3) is 0 Å². The van der Waals surface area contributed by atoms with E-state index in [1.807, 2.05) is 24.3 Å². The Hall–Kier alpha value is -0.0700. The molecule has 0 aliphatic carbocycles. The van der Waals surface area contributed by atoms with Crippen LogP contribution in [0.1, 0.15) is 10.4 Å². The highest BCUT2D eigenvalue weighted by molar-refractivity contribution is 9.11. The van der Waals surface area contributed by atoms with Crippen molar-refractivity contribution >= 4 is 54.8 Å². The van der Waals surface area contributed by atoms with Crippen LogP contribution >= 0.6 is 54.8 Å². The highest BCUT2D eigenvalue weighted by Gasteiger charge is 2.05. The summed E-state index contributed by atoms with van der Waals surface area (Å²) in [5, 5.41) is 12.9. The number of rotatable bonds is 4.